The molecule has 1 atom stereocenters. The van der Waals surface area contributed by atoms with Gasteiger partial charge in [-0.3, -0.25) is 4.68 Å². The van der Waals surface area contributed by atoms with Gasteiger partial charge in [-0.15, -0.1) is 0 Å². The van der Waals surface area contributed by atoms with Crippen LogP contribution in [0.3, 0.4) is 0 Å². The lowest BCUT2D eigenvalue weighted by Gasteiger charge is -2.25. The molecule has 0 saturated heterocycles. The van der Waals surface area contributed by atoms with Gasteiger partial charge in [-0.05, 0) is 19.4 Å². The fourth-order valence-corrected chi connectivity index (χ4v) is 2.53. The first-order valence-electron chi connectivity index (χ1n) is 6.47. The third-order valence-electron chi connectivity index (χ3n) is 3.38. The topological polar surface area (TPSA) is 47.3 Å². The van der Waals surface area contributed by atoms with E-state index in [9.17, 15) is 5.11 Å². The molecular formula is C15H19ClN2O2. The van der Waals surface area contributed by atoms with Gasteiger partial charge in [0.2, 0.25) is 0 Å². The van der Waals surface area contributed by atoms with Crippen LogP contribution in [0.15, 0.2) is 30.5 Å². The summed E-state index contributed by atoms with van der Waals surface area (Å²) in [6, 6.07) is 7.74. The minimum atomic E-state index is -1.20. The van der Waals surface area contributed by atoms with Crippen molar-refractivity contribution < 1.29 is 9.84 Å². The van der Waals surface area contributed by atoms with E-state index < -0.39 is 5.60 Å². The van der Waals surface area contributed by atoms with Gasteiger partial charge < -0.3 is 9.84 Å². The van der Waals surface area contributed by atoms with Crippen LogP contribution in [0, 0.1) is 6.92 Å². The van der Waals surface area contributed by atoms with Crippen molar-refractivity contribution in [3.05, 3.63) is 52.3 Å². The van der Waals surface area contributed by atoms with Gasteiger partial charge in [0, 0.05) is 7.11 Å². The molecule has 1 aromatic heterocycles. The number of hydrogen-bond donors (Lipinski definition) is 1. The van der Waals surface area contributed by atoms with Crippen LogP contribution >= 0.6 is 11.6 Å². The largest absolute Gasteiger partial charge is 0.383 e. The molecule has 20 heavy (non-hydrogen) atoms. The van der Waals surface area contributed by atoms with E-state index in [-0.39, 0.29) is 0 Å². The zero-order valence-corrected chi connectivity index (χ0v) is 12.7. The van der Waals surface area contributed by atoms with Gasteiger partial charge in [-0.2, -0.15) is 5.10 Å². The Labute approximate surface area is 123 Å². The van der Waals surface area contributed by atoms with Gasteiger partial charge >= 0.3 is 0 Å². The molecule has 5 heteroatoms. The molecule has 0 aliphatic rings. The van der Waals surface area contributed by atoms with Crippen molar-refractivity contribution in [1.29, 1.82) is 0 Å². The second-order valence-electron chi connectivity index (χ2n) is 5.00. The smallest absolute Gasteiger partial charge is 0.130 e. The van der Waals surface area contributed by atoms with Gasteiger partial charge in [0.25, 0.3) is 0 Å². The Morgan fingerprint density at radius 1 is 1.35 bits per heavy atom. The average Bonchev–Trinajstić information content (AvgIpc) is 2.78. The molecule has 0 radical (unpaired) electrons. The number of benzene rings is 1. The van der Waals surface area contributed by atoms with Gasteiger partial charge in [0.05, 0.1) is 30.1 Å². The third kappa shape index (κ3) is 2.87. The number of aromatic nitrogens is 2. The van der Waals surface area contributed by atoms with E-state index in [2.05, 4.69) is 5.10 Å². The molecule has 0 aliphatic heterocycles. The van der Waals surface area contributed by atoms with Crippen molar-refractivity contribution in [2.24, 2.45) is 0 Å². The molecule has 0 fully saturated rings. The fourth-order valence-electron chi connectivity index (χ4n) is 2.21. The molecule has 2 aromatic rings. The molecule has 0 bridgehead atoms. The maximum Gasteiger partial charge on any atom is 0.130 e. The van der Waals surface area contributed by atoms with Gasteiger partial charge in [0.15, 0.2) is 0 Å². The van der Waals surface area contributed by atoms with E-state index in [4.69, 9.17) is 16.3 Å². The minimum absolute atomic E-state index is 0.451. The predicted molar refractivity (Wildman–Crippen MR) is 79.0 cm³/mol. The minimum Gasteiger partial charge on any atom is -0.383 e. The maximum absolute atomic E-state index is 10.9. The standard InChI is InChI=1S/C15H19ClN2O2/c1-11-4-6-12(7-5-11)15(2,19)14-13(16)10-17-18(14)8-9-20-3/h4-7,10,19H,8-9H2,1-3H3. The van der Waals surface area contributed by atoms with E-state index >= 15 is 0 Å². The molecule has 0 amide bonds. The van der Waals surface area contributed by atoms with Crippen molar-refractivity contribution in [1.82, 2.24) is 9.78 Å². The first-order chi connectivity index (χ1) is 9.46. The summed E-state index contributed by atoms with van der Waals surface area (Å²) in [4.78, 5) is 0. The second-order valence-corrected chi connectivity index (χ2v) is 5.40. The Bertz CT molecular complexity index is 576. The zero-order valence-electron chi connectivity index (χ0n) is 11.9. The molecule has 108 valence electrons. The van der Waals surface area contributed by atoms with E-state index in [0.29, 0.717) is 23.9 Å². The highest BCUT2D eigenvalue weighted by molar-refractivity contribution is 6.31. The predicted octanol–water partition coefficient (Wildman–Crippen LogP) is 2.75. The van der Waals surface area contributed by atoms with Crippen LogP contribution in [0.1, 0.15) is 23.7 Å². The number of aryl methyl sites for hydroxylation is 1. The highest BCUT2D eigenvalue weighted by atomic mass is 35.5. The van der Waals surface area contributed by atoms with Crippen LogP contribution in [0.25, 0.3) is 0 Å². The number of methoxy groups -OCH3 is 1. The summed E-state index contributed by atoms with van der Waals surface area (Å²) >= 11 is 6.21. The zero-order chi connectivity index (χ0) is 14.8. The molecule has 2 rings (SSSR count). The van der Waals surface area contributed by atoms with Crippen molar-refractivity contribution >= 4 is 11.6 Å². The molecule has 0 spiro atoms. The van der Waals surface area contributed by atoms with Crippen LogP contribution in [-0.4, -0.2) is 28.6 Å². The Kier molecular flexibility index (Phi) is 4.48. The maximum atomic E-state index is 10.9. The van der Waals surface area contributed by atoms with Crippen molar-refractivity contribution in [3.8, 4) is 0 Å². The third-order valence-corrected chi connectivity index (χ3v) is 3.65. The molecule has 0 saturated carbocycles. The van der Waals surface area contributed by atoms with Gasteiger partial charge in [0.1, 0.15) is 5.60 Å². The second kappa shape index (κ2) is 5.95. The molecule has 1 heterocycles. The molecule has 4 nitrogen and oxygen atoms in total. The van der Waals surface area contributed by atoms with Crippen molar-refractivity contribution in [2.45, 2.75) is 26.0 Å². The summed E-state index contributed by atoms with van der Waals surface area (Å²) in [5.41, 5.74) is 1.31. The summed E-state index contributed by atoms with van der Waals surface area (Å²) in [7, 11) is 1.63. The lowest BCUT2D eigenvalue weighted by atomic mass is 9.91. The Morgan fingerprint density at radius 3 is 2.60 bits per heavy atom. The van der Waals surface area contributed by atoms with Crippen LogP contribution in [0.2, 0.25) is 5.02 Å². The Balaban J connectivity index is 2.42. The molecule has 0 aliphatic carbocycles. The average molecular weight is 295 g/mol. The van der Waals surface area contributed by atoms with Crippen LogP contribution in [-0.2, 0) is 16.9 Å². The van der Waals surface area contributed by atoms with Crippen molar-refractivity contribution in [2.75, 3.05) is 13.7 Å². The van der Waals surface area contributed by atoms with Gasteiger partial charge in [-0.1, -0.05) is 41.4 Å². The number of nitrogens with zero attached hydrogens (tertiary/aromatic N) is 2. The Hall–Kier alpha value is -1.36. The molecule has 1 N–H and O–H groups in total. The number of rotatable bonds is 5. The number of halogens is 1. The van der Waals surface area contributed by atoms with E-state index in [1.807, 2.05) is 31.2 Å². The normalized spacial score (nSPS) is 14.2. The summed E-state index contributed by atoms with van der Waals surface area (Å²) < 4.78 is 6.74. The fraction of sp³-hybridized carbons (Fsp3) is 0.400. The summed E-state index contributed by atoms with van der Waals surface area (Å²) in [6.07, 6.45) is 1.55. The summed E-state index contributed by atoms with van der Waals surface area (Å²) in [5, 5.41) is 15.6. The summed E-state index contributed by atoms with van der Waals surface area (Å²) in [6.45, 7) is 4.79. The molecule has 1 aromatic carbocycles. The molecular weight excluding hydrogens is 276 g/mol. The SMILES string of the molecule is COCCn1ncc(Cl)c1C(C)(O)c1ccc(C)cc1. The lowest BCUT2D eigenvalue weighted by molar-refractivity contribution is 0.0884. The first kappa shape index (κ1) is 15.0. The van der Waals surface area contributed by atoms with Crippen LogP contribution in [0.5, 0.6) is 0 Å². The van der Waals surface area contributed by atoms with E-state index in [0.717, 1.165) is 11.1 Å². The molecule has 1 unspecified atom stereocenters. The van der Waals surface area contributed by atoms with Crippen LogP contribution in [0.4, 0.5) is 0 Å². The van der Waals surface area contributed by atoms with E-state index in [1.54, 1.807) is 24.9 Å². The number of ether oxygens (including phenoxy) is 1. The quantitative estimate of drug-likeness (QED) is 0.922. The monoisotopic (exact) mass is 294 g/mol. The van der Waals surface area contributed by atoms with Gasteiger partial charge in [-0.25, -0.2) is 0 Å². The highest BCUT2D eigenvalue weighted by Gasteiger charge is 2.32. The Morgan fingerprint density at radius 2 is 2.00 bits per heavy atom. The number of hydrogen-bond acceptors (Lipinski definition) is 3. The van der Waals surface area contributed by atoms with Crippen molar-refractivity contribution in [3.63, 3.8) is 0 Å². The first-order valence-corrected chi connectivity index (χ1v) is 6.85. The highest BCUT2D eigenvalue weighted by Crippen LogP contribution is 2.33. The van der Waals surface area contributed by atoms with Crippen LogP contribution < -0.4 is 0 Å². The number of aliphatic hydroxyl groups is 1. The summed E-state index contributed by atoms with van der Waals surface area (Å²) in [5.74, 6) is 0. The van der Waals surface area contributed by atoms with E-state index in [1.165, 1.54) is 0 Å². The lowest BCUT2D eigenvalue weighted by Crippen LogP contribution is -2.28.